The molecule has 2 rings (SSSR count). The Labute approximate surface area is 209 Å². The van der Waals surface area contributed by atoms with Gasteiger partial charge in [0.15, 0.2) is 0 Å². The number of benzene rings is 2. The average molecular weight is 482 g/mol. The Bertz CT molecular complexity index is 982. The molecule has 0 aliphatic heterocycles. The molecule has 0 heterocycles. The van der Waals surface area contributed by atoms with E-state index in [9.17, 15) is 14.4 Å². The van der Waals surface area contributed by atoms with Crippen LogP contribution in [0.1, 0.15) is 73.9 Å². The number of carbonyl (C=O) groups excluding carboxylic acids is 3. The van der Waals surface area contributed by atoms with Crippen LogP contribution in [-0.4, -0.2) is 41.4 Å². The third-order valence-electron chi connectivity index (χ3n) is 5.79. The molecule has 0 radical (unpaired) electrons. The number of nitrogens with zero attached hydrogens (tertiary/aromatic N) is 2. The number of hydrogen-bond donors (Lipinski definition) is 2. The lowest BCUT2D eigenvalue weighted by Gasteiger charge is -2.25. The van der Waals surface area contributed by atoms with Crippen LogP contribution in [0.5, 0.6) is 0 Å². The molecule has 7 nitrogen and oxygen atoms in total. The first kappa shape index (κ1) is 28.1. The third kappa shape index (κ3) is 8.83. The van der Waals surface area contributed by atoms with E-state index in [1.165, 1.54) is 0 Å². The van der Waals surface area contributed by atoms with Gasteiger partial charge in [-0.15, -0.1) is 0 Å². The molecule has 7 heteroatoms. The fourth-order valence-corrected chi connectivity index (χ4v) is 4.08. The predicted octanol–water partition coefficient (Wildman–Crippen LogP) is 5.54. The van der Waals surface area contributed by atoms with Gasteiger partial charge in [0.2, 0.25) is 11.8 Å². The van der Waals surface area contributed by atoms with E-state index in [0.717, 1.165) is 41.8 Å². The maximum Gasteiger partial charge on any atom is 0.253 e. The molecule has 0 aliphatic carbocycles. The van der Waals surface area contributed by atoms with Crippen molar-refractivity contribution in [3.05, 3.63) is 59.2 Å². The standard InChI is InChI=1S/C28H39N3O4/c1-20(2)16-27(33)31(25-18-21(3)17-22(4)19-25)24-13-11-23(12-14-24)28(34)30(5)15-9-7-6-8-10-26(32)29-35/h11-14,17-20,35H,6-10,15-16H2,1-5H3,(H,29,32). The largest absolute Gasteiger partial charge is 0.342 e. The van der Waals surface area contributed by atoms with Crippen LogP contribution in [0.4, 0.5) is 11.4 Å². The highest BCUT2D eigenvalue weighted by Crippen LogP contribution is 2.29. The normalized spacial score (nSPS) is 10.8. The van der Waals surface area contributed by atoms with E-state index < -0.39 is 0 Å². The molecule has 0 saturated heterocycles. The number of amides is 3. The number of anilines is 2. The molecule has 0 bridgehead atoms. The summed E-state index contributed by atoms with van der Waals surface area (Å²) in [5.41, 5.74) is 5.97. The van der Waals surface area contributed by atoms with Crippen molar-refractivity contribution >= 4 is 29.1 Å². The summed E-state index contributed by atoms with van der Waals surface area (Å²) in [6.45, 7) is 8.71. The first-order chi connectivity index (χ1) is 16.6. The van der Waals surface area contributed by atoms with E-state index >= 15 is 0 Å². The maximum absolute atomic E-state index is 13.2. The molecule has 0 saturated carbocycles. The van der Waals surface area contributed by atoms with Gasteiger partial charge in [-0.3, -0.25) is 24.5 Å². The van der Waals surface area contributed by atoms with Crippen LogP contribution in [0.25, 0.3) is 0 Å². The van der Waals surface area contributed by atoms with Gasteiger partial charge in [0.25, 0.3) is 5.91 Å². The van der Waals surface area contributed by atoms with Gasteiger partial charge < -0.3 is 4.90 Å². The Kier molecular flexibility index (Phi) is 10.9. The summed E-state index contributed by atoms with van der Waals surface area (Å²) < 4.78 is 0. The number of aryl methyl sites for hydroxylation is 2. The summed E-state index contributed by atoms with van der Waals surface area (Å²) in [7, 11) is 1.78. The Balaban J connectivity index is 2.06. The lowest BCUT2D eigenvalue weighted by atomic mass is 10.1. The predicted molar refractivity (Wildman–Crippen MR) is 139 cm³/mol. The van der Waals surface area contributed by atoms with Crippen LogP contribution in [0, 0.1) is 19.8 Å². The molecule has 0 aliphatic rings. The Morgan fingerprint density at radius 3 is 2.06 bits per heavy atom. The highest BCUT2D eigenvalue weighted by Gasteiger charge is 2.20. The number of nitrogens with one attached hydrogen (secondary N) is 1. The Hall–Kier alpha value is -3.19. The minimum atomic E-state index is -0.372. The van der Waals surface area contributed by atoms with E-state index in [2.05, 4.69) is 6.07 Å². The molecule has 2 aromatic rings. The molecule has 2 aromatic carbocycles. The van der Waals surface area contributed by atoms with Gasteiger partial charge in [0, 0.05) is 43.4 Å². The van der Waals surface area contributed by atoms with Crippen LogP contribution in [0.2, 0.25) is 0 Å². The van der Waals surface area contributed by atoms with Crippen molar-refractivity contribution < 1.29 is 19.6 Å². The fourth-order valence-electron chi connectivity index (χ4n) is 4.08. The summed E-state index contributed by atoms with van der Waals surface area (Å²) >= 11 is 0. The second-order valence-corrected chi connectivity index (χ2v) is 9.65. The molecule has 0 atom stereocenters. The molecule has 0 fully saturated rings. The smallest absolute Gasteiger partial charge is 0.253 e. The summed E-state index contributed by atoms with van der Waals surface area (Å²) in [6, 6.07) is 13.3. The van der Waals surface area contributed by atoms with Crippen molar-refractivity contribution in [2.45, 2.75) is 66.2 Å². The first-order valence-corrected chi connectivity index (χ1v) is 12.3. The molecule has 3 amide bonds. The molecule has 190 valence electrons. The van der Waals surface area contributed by atoms with Gasteiger partial charge in [-0.2, -0.15) is 0 Å². The van der Waals surface area contributed by atoms with Crippen LogP contribution in [0.15, 0.2) is 42.5 Å². The SMILES string of the molecule is Cc1cc(C)cc(N(C(=O)CC(C)C)c2ccc(C(=O)N(C)CCCCCCC(=O)NO)cc2)c1. The molecular weight excluding hydrogens is 442 g/mol. The van der Waals surface area contributed by atoms with E-state index in [4.69, 9.17) is 5.21 Å². The average Bonchev–Trinajstić information content (AvgIpc) is 2.80. The maximum atomic E-state index is 13.2. The molecule has 35 heavy (non-hydrogen) atoms. The second-order valence-electron chi connectivity index (χ2n) is 9.65. The van der Waals surface area contributed by atoms with Gasteiger partial charge in [0.1, 0.15) is 0 Å². The minimum absolute atomic E-state index is 0.0256. The van der Waals surface area contributed by atoms with Gasteiger partial charge in [0.05, 0.1) is 0 Å². The van der Waals surface area contributed by atoms with Crippen LogP contribution in [0.3, 0.4) is 0 Å². The lowest BCUT2D eigenvalue weighted by Crippen LogP contribution is -2.28. The molecule has 0 aromatic heterocycles. The summed E-state index contributed by atoms with van der Waals surface area (Å²) in [5, 5.41) is 8.51. The second kappa shape index (κ2) is 13.6. The van der Waals surface area contributed by atoms with Crippen molar-refractivity contribution in [2.75, 3.05) is 18.5 Å². The monoisotopic (exact) mass is 481 g/mol. The minimum Gasteiger partial charge on any atom is -0.342 e. The van der Waals surface area contributed by atoms with Gasteiger partial charge >= 0.3 is 0 Å². The number of rotatable bonds is 12. The lowest BCUT2D eigenvalue weighted by molar-refractivity contribution is -0.129. The third-order valence-corrected chi connectivity index (χ3v) is 5.79. The number of hydrogen-bond acceptors (Lipinski definition) is 4. The zero-order chi connectivity index (χ0) is 26.0. The van der Waals surface area contributed by atoms with Crippen molar-refractivity contribution in [3.63, 3.8) is 0 Å². The molecular formula is C28H39N3O4. The highest BCUT2D eigenvalue weighted by atomic mass is 16.5. The summed E-state index contributed by atoms with van der Waals surface area (Å²) in [4.78, 5) is 40.5. The van der Waals surface area contributed by atoms with Crippen molar-refractivity contribution in [2.24, 2.45) is 5.92 Å². The number of carbonyl (C=O) groups is 3. The van der Waals surface area contributed by atoms with E-state index in [1.54, 1.807) is 34.5 Å². The van der Waals surface area contributed by atoms with Gasteiger partial charge in [-0.25, -0.2) is 5.48 Å². The first-order valence-electron chi connectivity index (χ1n) is 12.3. The number of unbranched alkanes of at least 4 members (excludes halogenated alkanes) is 3. The topological polar surface area (TPSA) is 90.0 Å². The van der Waals surface area contributed by atoms with Crippen LogP contribution >= 0.6 is 0 Å². The molecule has 0 spiro atoms. The van der Waals surface area contributed by atoms with Crippen molar-refractivity contribution in [1.82, 2.24) is 10.4 Å². The Morgan fingerprint density at radius 1 is 0.886 bits per heavy atom. The van der Waals surface area contributed by atoms with Gasteiger partial charge in [-0.05, 0) is 80.1 Å². The van der Waals surface area contributed by atoms with Crippen LogP contribution < -0.4 is 10.4 Å². The zero-order valence-electron chi connectivity index (χ0n) is 21.6. The van der Waals surface area contributed by atoms with Gasteiger partial charge in [-0.1, -0.05) is 32.8 Å². The van der Waals surface area contributed by atoms with E-state index in [-0.39, 0.29) is 23.6 Å². The molecule has 0 unspecified atom stereocenters. The van der Waals surface area contributed by atoms with Crippen molar-refractivity contribution in [3.8, 4) is 0 Å². The summed E-state index contributed by atoms with van der Waals surface area (Å²) in [5.74, 6) is -0.180. The van der Waals surface area contributed by atoms with E-state index in [0.29, 0.717) is 31.4 Å². The highest BCUT2D eigenvalue weighted by molar-refractivity contribution is 6.01. The number of hydroxylamine groups is 1. The zero-order valence-corrected chi connectivity index (χ0v) is 21.6. The Morgan fingerprint density at radius 2 is 1.49 bits per heavy atom. The van der Waals surface area contributed by atoms with Crippen LogP contribution in [-0.2, 0) is 9.59 Å². The molecule has 2 N–H and O–H groups in total. The fraction of sp³-hybridized carbons (Fsp3) is 0.464. The van der Waals surface area contributed by atoms with E-state index in [1.807, 2.05) is 52.0 Å². The van der Waals surface area contributed by atoms with Crippen molar-refractivity contribution in [1.29, 1.82) is 0 Å². The quantitative estimate of drug-likeness (QED) is 0.237. The summed E-state index contributed by atoms with van der Waals surface area (Å²) in [6.07, 6.45) is 4.04.